The van der Waals surface area contributed by atoms with Gasteiger partial charge in [0.2, 0.25) is 53.2 Å². The molecule has 20 heteroatoms. The summed E-state index contributed by atoms with van der Waals surface area (Å²) in [6.45, 7) is 7.79. The lowest BCUT2D eigenvalue weighted by Gasteiger charge is -2.33. The summed E-state index contributed by atoms with van der Waals surface area (Å²) in [6, 6.07) is 1.28. The number of rotatable bonds is 24. The van der Waals surface area contributed by atoms with Crippen molar-refractivity contribution in [3.8, 4) is 0 Å². The lowest BCUT2D eigenvalue weighted by atomic mass is 9.83. The van der Waals surface area contributed by atoms with Crippen LogP contribution in [-0.2, 0) is 54.4 Å². The number of carboxylic acid groups (broad SMARTS) is 1. The van der Waals surface area contributed by atoms with Gasteiger partial charge in [0.25, 0.3) is 0 Å². The average molecular weight is 856 g/mol. The summed E-state index contributed by atoms with van der Waals surface area (Å²) in [4.78, 5) is 127. The zero-order chi connectivity index (χ0) is 45.8. The topological polar surface area (TPSA) is 327 Å². The highest BCUT2D eigenvalue weighted by atomic mass is 16.4. The summed E-state index contributed by atoms with van der Waals surface area (Å²) < 4.78 is 0. The van der Waals surface area contributed by atoms with E-state index < -0.39 is 108 Å². The van der Waals surface area contributed by atoms with E-state index in [-0.39, 0.29) is 30.6 Å². The first kappa shape index (κ1) is 50.8. The number of aliphatic carboxylic acids is 1. The molecule has 1 aliphatic rings. The molecular weight excluding hydrogens is 795 g/mol. The van der Waals surface area contributed by atoms with Crippen LogP contribution in [0.1, 0.15) is 85.1 Å². The molecule has 0 radical (unpaired) electrons. The van der Waals surface area contributed by atoms with Gasteiger partial charge in [0.15, 0.2) is 0 Å². The molecule has 1 saturated carbocycles. The molecule has 0 aromatic heterocycles. The number of benzene rings is 1. The molecule has 61 heavy (non-hydrogen) atoms. The molecule has 2 rings (SSSR count). The van der Waals surface area contributed by atoms with Gasteiger partial charge in [-0.05, 0) is 49.5 Å². The first-order valence-corrected chi connectivity index (χ1v) is 20.3. The minimum Gasteiger partial charge on any atom is -0.480 e. The Kier molecular flexibility index (Phi) is 21.1. The SMILES string of the molecule is CC(C)C[C@H](NC(=O)[C@@H](NC(=O)[C@H](CC(N)=O)NC(=O)/C=C/C(=O)N[C@@H](C)C(=O)NCC(=O)N[C@@H](Cc1ccccc1)C(=O)O)C1CCCCC1)C(=O)N[C@H](C(N)=O)C(C)C. The number of carbonyl (C=O) groups is 10. The summed E-state index contributed by atoms with van der Waals surface area (Å²) in [6.07, 6.45) is 4.58. The van der Waals surface area contributed by atoms with Gasteiger partial charge in [-0.15, -0.1) is 0 Å². The number of nitrogens with one attached hydrogen (secondary N) is 7. The number of primary amides is 2. The predicted octanol–water partition coefficient (Wildman–Crippen LogP) is -1.44. The van der Waals surface area contributed by atoms with Gasteiger partial charge in [-0.1, -0.05) is 77.3 Å². The maximum Gasteiger partial charge on any atom is 0.326 e. The maximum atomic E-state index is 13.9. The Hall–Kier alpha value is -6.34. The van der Waals surface area contributed by atoms with Gasteiger partial charge in [-0.3, -0.25) is 43.2 Å². The Morgan fingerprint density at radius 1 is 0.689 bits per heavy atom. The molecule has 0 bridgehead atoms. The Bertz CT molecular complexity index is 1760. The number of hydrogen-bond acceptors (Lipinski definition) is 10. The Balaban J connectivity index is 2.07. The highest BCUT2D eigenvalue weighted by Gasteiger charge is 2.36. The fourth-order valence-electron chi connectivity index (χ4n) is 6.63. The van der Waals surface area contributed by atoms with Crippen LogP contribution in [0.4, 0.5) is 0 Å². The molecule has 0 spiro atoms. The van der Waals surface area contributed by atoms with Crippen LogP contribution in [0, 0.1) is 17.8 Å². The van der Waals surface area contributed by atoms with Crippen LogP contribution in [0.25, 0.3) is 0 Å². The Morgan fingerprint density at radius 2 is 1.28 bits per heavy atom. The normalized spacial score (nSPS) is 15.9. The van der Waals surface area contributed by atoms with E-state index in [0.29, 0.717) is 18.4 Å². The van der Waals surface area contributed by atoms with Crippen molar-refractivity contribution in [1.82, 2.24) is 37.2 Å². The van der Waals surface area contributed by atoms with E-state index in [4.69, 9.17) is 11.5 Å². The van der Waals surface area contributed by atoms with Crippen molar-refractivity contribution in [1.29, 1.82) is 0 Å². The van der Waals surface area contributed by atoms with Gasteiger partial charge in [0.1, 0.15) is 36.3 Å². The molecule has 0 heterocycles. The molecule has 1 aromatic carbocycles. The van der Waals surface area contributed by atoms with Crippen LogP contribution in [0.15, 0.2) is 42.5 Å². The summed E-state index contributed by atoms with van der Waals surface area (Å²) in [7, 11) is 0. The predicted molar refractivity (Wildman–Crippen MR) is 221 cm³/mol. The van der Waals surface area contributed by atoms with Crippen LogP contribution >= 0.6 is 0 Å². The van der Waals surface area contributed by atoms with Gasteiger partial charge in [0, 0.05) is 18.6 Å². The highest BCUT2D eigenvalue weighted by Crippen LogP contribution is 2.27. The summed E-state index contributed by atoms with van der Waals surface area (Å²) in [5.41, 5.74) is 11.5. The van der Waals surface area contributed by atoms with E-state index in [1.807, 2.05) is 13.8 Å². The molecule has 0 unspecified atom stereocenters. The smallest absolute Gasteiger partial charge is 0.326 e. The van der Waals surface area contributed by atoms with Crippen molar-refractivity contribution in [3.05, 3.63) is 48.0 Å². The van der Waals surface area contributed by atoms with E-state index in [0.717, 1.165) is 31.4 Å². The molecule has 6 atom stereocenters. The lowest BCUT2D eigenvalue weighted by molar-refractivity contribution is -0.141. The monoisotopic (exact) mass is 855 g/mol. The third-order valence-corrected chi connectivity index (χ3v) is 9.83. The number of nitrogens with two attached hydrogens (primary N) is 2. The summed E-state index contributed by atoms with van der Waals surface area (Å²) >= 11 is 0. The van der Waals surface area contributed by atoms with Crippen LogP contribution in [0.2, 0.25) is 0 Å². The Morgan fingerprint density at radius 3 is 1.82 bits per heavy atom. The van der Waals surface area contributed by atoms with Crippen molar-refractivity contribution in [2.45, 2.75) is 122 Å². The molecule has 20 nitrogen and oxygen atoms in total. The second kappa shape index (κ2) is 25.3. The minimum atomic E-state index is -1.59. The standard InChI is InChI=1S/C41H61N9O11/c1-22(2)18-27(38(57)49-34(23(3)4)36(43)55)48-40(59)35(26-14-10-7-11-15-26)50-39(58)28(20-30(42)51)46-32(53)17-16-31(52)45-24(5)37(56)44-21-33(54)47-29(41(60)61)19-25-12-8-6-9-13-25/h6,8-9,12-13,16-17,22-24,26-29,34-35H,7,10-11,14-15,18-21H2,1-5H3,(H2,42,51)(H2,43,55)(H,44,56)(H,45,52)(H,46,53)(H,47,54)(H,48,59)(H,49,57)(H,50,58)(H,60,61)/b17-16+/t24-,27-,28-,29-,34-,35-/m0/s1. The zero-order valence-corrected chi connectivity index (χ0v) is 35.3. The highest BCUT2D eigenvalue weighted by molar-refractivity contribution is 6.01. The molecule has 0 aliphatic heterocycles. The Labute approximate surface area is 354 Å². The quantitative estimate of drug-likeness (QED) is 0.0537. The minimum absolute atomic E-state index is 0.00933. The van der Waals surface area contributed by atoms with Gasteiger partial charge in [-0.25, -0.2) is 4.79 Å². The third kappa shape index (κ3) is 18.6. The lowest BCUT2D eigenvalue weighted by Crippen LogP contribution is -2.60. The van der Waals surface area contributed by atoms with Gasteiger partial charge in [-0.2, -0.15) is 0 Å². The van der Waals surface area contributed by atoms with Gasteiger partial charge < -0.3 is 53.8 Å². The van der Waals surface area contributed by atoms with Crippen molar-refractivity contribution in [3.63, 3.8) is 0 Å². The second-order valence-corrected chi connectivity index (χ2v) is 15.9. The number of hydrogen-bond donors (Lipinski definition) is 10. The molecule has 1 aromatic rings. The molecule has 1 aliphatic carbocycles. The van der Waals surface area contributed by atoms with Crippen molar-refractivity contribution < 1.29 is 53.1 Å². The summed E-state index contributed by atoms with van der Waals surface area (Å²) in [5.74, 6) is -9.50. The summed E-state index contributed by atoms with van der Waals surface area (Å²) in [5, 5.41) is 26.7. The van der Waals surface area contributed by atoms with Gasteiger partial charge in [0.05, 0.1) is 13.0 Å². The van der Waals surface area contributed by atoms with Crippen LogP contribution in [0.3, 0.4) is 0 Å². The van der Waals surface area contributed by atoms with Crippen LogP contribution in [-0.4, -0.2) is 107 Å². The maximum absolute atomic E-state index is 13.9. The zero-order valence-electron chi connectivity index (χ0n) is 35.3. The first-order chi connectivity index (χ1) is 28.7. The van der Waals surface area contributed by atoms with E-state index in [1.54, 1.807) is 44.2 Å². The molecule has 9 amide bonds. The van der Waals surface area contributed by atoms with Crippen LogP contribution in [0.5, 0.6) is 0 Å². The average Bonchev–Trinajstić information content (AvgIpc) is 3.19. The van der Waals surface area contributed by atoms with Crippen molar-refractivity contribution in [2.75, 3.05) is 6.54 Å². The molecule has 0 saturated heterocycles. The van der Waals surface area contributed by atoms with E-state index in [9.17, 15) is 53.1 Å². The first-order valence-electron chi connectivity index (χ1n) is 20.3. The van der Waals surface area contributed by atoms with Crippen molar-refractivity contribution >= 4 is 59.1 Å². The van der Waals surface area contributed by atoms with Crippen molar-refractivity contribution in [2.24, 2.45) is 29.2 Å². The molecule has 336 valence electrons. The number of amides is 9. The van der Waals surface area contributed by atoms with E-state index >= 15 is 0 Å². The number of carboxylic acids is 1. The van der Waals surface area contributed by atoms with E-state index in [2.05, 4.69) is 37.2 Å². The van der Waals surface area contributed by atoms with E-state index in [1.165, 1.54) is 6.92 Å². The largest absolute Gasteiger partial charge is 0.480 e. The van der Waals surface area contributed by atoms with Crippen LogP contribution < -0.4 is 48.7 Å². The number of carbonyl (C=O) groups excluding carboxylic acids is 9. The molecule has 1 fully saturated rings. The fourth-order valence-corrected chi connectivity index (χ4v) is 6.63. The second-order valence-electron chi connectivity index (χ2n) is 15.9. The third-order valence-electron chi connectivity index (χ3n) is 9.83. The fraction of sp³-hybridized carbons (Fsp3) is 0.561. The van der Waals surface area contributed by atoms with Gasteiger partial charge >= 0.3 is 5.97 Å². The molecule has 12 N–H and O–H groups in total. The molecular formula is C41H61N9O11.